The lowest BCUT2D eigenvalue weighted by Crippen LogP contribution is -2.40. The Bertz CT molecular complexity index is 299. The van der Waals surface area contributed by atoms with Crippen LogP contribution < -0.4 is 4.72 Å². The van der Waals surface area contributed by atoms with Gasteiger partial charge < -0.3 is 0 Å². The minimum absolute atomic E-state index is 0.109. The summed E-state index contributed by atoms with van der Waals surface area (Å²) in [5, 5.41) is -0.109. The molecular weight excluding hydrogens is 198 g/mol. The molecule has 0 bridgehead atoms. The number of hydrogen-bond donors (Lipinski definition) is 1. The van der Waals surface area contributed by atoms with Gasteiger partial charge in [0.25, 0.3) is 0 Å². The first kappa shape index (κ1) is 10.4. The van der Waals surface area contributed by atoms with Gasteiger partial charge in [0.15, 0.2) is 0 Å². The van der Waals surface area contributed by atoms with Gasteiger partial charge in [0.2, 0.25) is 10.0 Å². The van der Waals surface area contributed by atoms with E-state index in [-0.39, 0.29) is 10.7 Å². The summed E-state index contributed by atoms with van der Waals surface area (Å²) in [6.07, 6.45) is 7.76. The second-order valence-corrected chi connectivity index (χ2v) is 6.77. The van der Waals surface area contributed by atoms with Crippen molar-refractivity contribution in [2.75, 3.05) is 7.05 Å². The Morgan fingerprint density at radius 1 is 1.14 bits per heavy atom. The lowest BCUT2D eigenvalue weighted by Gasteiger charge is -2.30. The van der Waals surface area contributed by atoms with E-state index in [9.17, 15) is 8.42 Å². The number of nitrogens with one attached hydrogen (secondary N) is 1. The van der Waals surface area contributed by atoms with Crippen LogP contribution in [0.5, 0.6) is 0 Å². The third-order valence-corrected chi connectivity index (χ3v) is 6.14. The van der Waals surface area contributed by atoms with E-state index >= 15 is 0 Å². The molecule has 2 rings (SSSR count). The fourth-order valence-corrected chi connectivity index (χ4v) is 5.16. The van der Waals surface area contributed by atoms with Crippen LogP contribution in [0.25, 0.3) is 0 Å². The van der Waals surface area contributed by atoms with Gasteiger partial charge in [-0.3, -0.25) is 0 Å². The zero-order valence-corrected chi connectivity index (χ0v) is 9.57. The molecule has 0 amide bonds. The van der Waals surface area contributed by atoms with E-state index in [1.807, 2.05) is 0 Å². The van der Waals surface area contributed by atoms with Crippen molar-refractivity contribution < 1.29 is 8.42 Å². The maximum absolute atomic E-state index is 11.9. The van der Waals surface area contributed by atoms with Crippen molar-refractivity contribution in [1.29, 1.82) is 0 Å². The Balaban J connectivity index is 2.27. The molecule has 0 aromatic carbocycles. The molecule has 1 N–H and O–H groups in total. The molecule has 0 aromatic rings. The van der Waals surface area contributed by atoms with E-state index in [4.69, 9.17) is 0 Å². The molecule has 1 atom stereocenters. The lowest BCUT2D eigenvalue weighted by molar-refractivity contribution is 0.308. The molecule has 0 saturated heterocycles. The van der Waals surface area contributed by atoms with Crippen LogP contribution in [0.4, 0.5) is 0 Å². The Morgan fingerprint density at radius 2 is 1.71 bits per heavy atom. The predicted octanol–water partition coefficient (Wildman–Crippen LogP) is 1.65. The molecule has 0 radical (unpaired) electrons. The average Bonchev–Trinajstić information content (AvgIpc) is 2.77. The van der Waals surface area contributed by atoms with Crippen molar-refractivity contribution in [3.63, 3.8) is 0 Å². The quantitative estimate of drug-likeness (QED) is 0.764. The smallest absolute Gasteiger partial charge is 0.214 e. The van der Waals surface area contributed by atoms with Crippen molar-refractivity contribution in [2.24, 2.45) is 5.41 Å². The van der Waals surface area contributed by atoms with Gasteiger partial charge in [0.05, 0.1) is 5.25 Å². The monoisotopic (exact) mass is 217 g/mol. The first-order chi connectivity index (χ1) is 6.61. The minimum atomic E-state index is -3.04. The molecule has 2 fully saturated rings. The van der Waals surface area contributed by atoms with E-state index < -0.39 is 10.0 Å². The molecule has 2 aliphatic carbocycles. The van der Waals surface area contributed by atoms with Crippen LogP contribution in [0.1, 0.15) is 44.9 Å². The maximum atomic E-state index is 11.9. The van der Waals surface area contributed by atoms with Crippen LogP contribution in [0, 0.1) is 5.41 Å². The largest absolute Gasteiger partial charge is 0.218 e. The first-order valence-electron chi connectivity index (χ1n) is 5.53. The van der Waals surface area contributed by atoms with Crippen molar-refractivity contribution >= 4 is 10.0 Å². The molecule has 0 aliphatic heterocycles. The summed E-state index contributed by atoms with van der Waals surface area (Å²) in [5.41, 5.74) is 0.141. The first-order valence-corrected chi connectivity index (χ1v) is 7.08. The third-order valence-electron chi connectivity index (χ3n) is 4.08. The number of sulfonamides is 1. The second-order valence-electron chi connectivity index (χ2n) is 4.70. The molecule has 3 nitrogen and oxygen atoms in total. The third kappa shape index (κ3) is 1.48. The van der Waals surface area contributed by atoms with E-state index in [2.05, 4.69) is 4.72 Å². The molecular formula is C10H19NO2S. The summed E-state index contributed by atoms with van der Waals surface area (Å²) in [4.78, 5) is 0. The van der Waals surface area contributed by atoms with Gasteiger partial charge in [-0.05, 0) is 38.1 Å². The van der Waals surface area contributed by atoms with Gasteiger partial charge in [0.1, 0.15) is 0 Å². The molecule has 0 heterocycles. The number of hydrogen-bond acceptors (Lipinski definition) is 2. The molecule has 4 heteroatoms. The summed E-state index contributed by atoms with van der Waals surface area (Å²) in [5.74, 6) is 0. The zero-order valence-electron chi connectivity index (χ0n) is 8.75. The molecule has 2 saturated carbocycles. The number of rotatable bonds is 2. The Morgan fingerprint density at radius 3 is 2.29 bits per heavy atom. The van der Waals surface area contributed by atoms with E-state index in [1.54, 1.807) is 0 Å². The SMILES string of the molecule is CNS(=O)(=O)C1CCCC12CCCC2. The molecule has 2 aliphatic rings. The normalized spacial score (nSPS) is 31.4. The predicted molar refractivity (Wildman–Crippen MR) is 56.5 cm³/mol. The molecule has 1 spiro atoms. The fraction of sp³-hybridized carbons (Fsp3) is 1.00. The van der Waals surface area contributed by atoms with Crippen LogP contribution in [0.15, 0.2) is 0 Å². The molecule has 82 valence electrons. The molecule has 1 unspecified atom stereocenters. The minimum Gasteiger partial charge on any atom is -0.218 e. The highest BCUT2D eigenvalue weighted by molar-refractivity contribution is 7.90. The lowest BCUT2D eigenvalue weighted by atomic mass is 9.84. The van der Waals surface area contributed by atoms with Crippen LogP contribution >= 0.6 is 0 Å². The van der Waals surface area contributed by atoms with E-state index in [0.29, 0.717) is 0 Å². The van der Waals surface area contributed by atoms with E-state index in [0.717, 1.165) is 32.1 Å². The summed E-state index contributed by atoms with van der Waals surface area (Å²) in [7, 11) is -1.50. The van der Waals surface area contributed by atoms with Gasteiger partial charge in [0, 0.05) is 0 Å². The standard InChI is InChI=1S/C10H19NO2S/c1-11-14(12,13)9-5-4-8-10(9)6-2-3-7-10/h9,11H,2-8H2,1H3. The van der Waals surface area contributed by atoms with Crippen LogP contribution in [-0.4, -0.2) is 20.7 Å². The maximum Gasteiger partial charge on any atom is 0.214 e. The highest BCUT2D eigenvalue weighted by atomic mass is 32.2. The topological polar surface area (TPSA) is 46.2 Å². The van der Waals surface area contributed by atoms with Gasteiger partial charge in [-0.25, -0.2) is 13.1 Å². The molecule has 14 heavy (non-hydrogen) atoms. The van der Waals surface area contributed by atoms with Gasteiger partial charge in [-0.15, -0.1) is 0 Å². The van der Waals surface area contributed by atoms with Gasteiger partial charge in [-0.2, -0.15) is 0 Å². The van der Waals surface area contributed by atoms with Crippen LogP contribution in [0.3, 0.4) is 0 Å². The Hall–Kier alpha value is -0.0900. The summed E-state index contributed by atoms with van der Waals surface area (Å²) >= 11 is 0. The van der Waals surface area contributed by atoms with E-state index in [1.165, 1.54) is 19.9 Å². The van der Waals surface area contributed by atoms with Crippen LogP contribution in [0.2, 0.25) is 0 Å². The van der Waals surface area contributed by atoms with Gasteiger partial charge in [-0.1, -0.05) is 19.3 Å². The van der Waals surface area contributed by atoms with Crippen molar-refractivity contribution in [3.05, 3.63) is 0 Å². The Labute approximate surface area is 86.3 Å². The van der Waals surface area contributed by atoms with Gasteiger partial charge >= 0.3 is 0 Å². The van der Waals surface area contributed by atoms with Crippen molar-refractivity contribution in [2.45, 2.75) is 50.2 Å². The summed E-state index contributed by atoms with van der Waals surface area (Å²) in [6.45, 7) is 0. The molecule has 0 aromatic heterocycles. The average molecular weight is 217 g/mol. The van der Waals surface area contributed by atoms with Crippen molar-refractivity contribution in [1.82, 2.24) is 4.72 Å². The summed E-state index contributed by atoms with van der Waals surface area (Å²) < 4.78 is 26.2. The second kappa shape index (κ2) is 3.49. The fourth-order valence-electron chi connectivity index (χ4n) is 3.38. The summed E-state index contributed by atoms with van der Waals surface area (Å²) in [6, 6.07) is 0. The highest BCUT2D eigenvalue weighted by Crippen LogP contribution is 2.52. The highest BCUT2D eigenvalue weighted by Gasteiger charge is 2.50. The van der Waals surface area contributed by atoms with Crippen LogP contribution in [-0.2, 0) is 10.0 Å². The van der Waals surface area contributed by atoms with Crippen molar-refractivity contribution in [3.8, 4) is 0 Å². The zero-order chi connectivity index (χ0) is 10.2. The Kier molecular flexibility index (Phi) is 2.60.